The van der Waals surface area contributed by atoms with Gasteiger partial charge in [0.2, 0.25) is 0 Å². The summed E-state index contributed by atoms with van der Waals surface area (Å²) in [5, 5.41) is 0. The van der Waals surface area contributed by atoms with E-state index in [1.165, 1.54) is 6.07 Å². The minimum absolute atomic E-state index is 0.178. The van der Waals surface area contributed by atoms with Gasteiger partial charge in [0.25, 0.3) is 0 Å². The van der Waals surface area contributed by atoms with Gasteiger partial charge in [-0.1, -0.05) is 0 Å². The molecule has 1 aromatic carbocycles. The Morgan fingerprint density at radius 3 is 3.07 bits per heavy atom. The molecule has 0 aliphatic carbocycles. The molecule has 3 nitrogen and oxygen atoms in total. The van der Waals surface area contributed by atoms with Crippen molar-refractivity contribution in [3.8, 4) is 0 Å². The minimum Gasteiger partial charge on any atom is -0.396 e. The predicted molar refractivity (Wildman–Crippen MR) is 52.8 cm³/mol. The van der Waals surface area contributed by atoms with Crippen LogP contribution in [0.5, 0.6) is 0 Å². The van der Waals surface area contributed by atoms with E-state index in [2.05, 4.69) is 0 Å². The quantitative estimate of drug-likeness (QED) is 0.563. The summed E-state index contributed by atoms with van der Waals surface area (Å²) in [6.45, 7) is 1.00. The zero-order chi connectivity index (χ0) is 10.1. The number of rotatable bonds is 2. The summed E-state index contributed by atoms with van der Waals surface area (Å²) >= 11 is 0. The lowest BCUT2D eigenvalue weighted by Gasteiger charge is -2.15. The van der Waals surface area contributed by atoms with Crippen molar-refractivity contribution in [2.24, 2.45) is 0 Å². The fourth-order valence-electron chi connectivity index (χ4n) is 1.81. The van der Waals surface area contributed by atoms with Crippen LogP contribution in [0.4, 0.5) is 15.8 Å². The van der Waals surface area contributed by atoms with E-state index in [9.17, 15) is 9.18 Å². The molecule has 1 aromatic rings. The molecular weight excluding hydrogens is 183 g/mol. The van der Waals surface area contributed by atoms with E-state index in [-0.39, 0.29) is 11.5 Å². The third-order valence-corrected chi connectivity index (χ3v) is 2.52. The number of nitrogens with zero attached hydrogens (tertiary/aromatic N) is 1. The number of hydrogen-bond acceptors (Lipinski definition) is 3. The lowest BCUT2D eigenvalue weighted by Crippen LogP contribution is -2.22. The van der Waals surface area contributed by atoms with E-state index in [1.807, 2.05) is 4.90 Å². The number of halogens is 1. The SMILES string of the molecule is Nc1ccc2c(c1F)CCN2CC=O. The molecule has 4 heteroatoms. The van der Waals surface area contributed by atoms with Gasteiger partial charge in [0.15, 0.2) is 5.82 Å². The van der Waals surface area contributed by atoms with E-state index in [1.54, 1.807) is 6.07 Å². The predicted octanol–water partition coefficient (Wildman–Crippen LogP) is 0.969. The zero-order valence-corrected chi connectivity index (χ0v) is 7.66. The summed E-state index contributed by atoms with van der Waals surface area (Å²) in [6, 6.07) is 3.31. The first-order valence-corrected chi connectivity index (χ1v) is 4.49. The van der Waals surface area contributed by atoms with Crippen molar-refractivity contribution in [1.29, 1.82) is 0 Å². The average Bonchev–Trinajstić information content (AvgIpc) is 2.57. The normalized spacial score (nSPS) is 14.2. The van der Waals surface area contributed by atoms with E-state index in [0.29, 0.717) is 25.1 Å². The van der Waals surface area contributed by atoms with E-state index in [0.717, 1.165) is 12.0 Å². The van der Waals surface area contributed by atoms with Gasteiger partial charge in [-0.05, 0) is 18.6 Å². The number of nitrogens with two attached hydrogens (primary N) is 1. The summed E-state index contributed by atoms with van der Waals surface area (Å²) in [6.07, 6.45) is 1.45. The molecule has 1 heterocycles. The molecule has 2 N–H and O–H groups in total. The Morgan fingerprint density at radius 1 is 1.57 bits per heavy atom. The van der Waals surface area contributed by atoms with Crippen LogP contribution in [-0.2, 0) is 11.2 Å². The number of fused-ring (bicyclic) bond motifs is 1. The molecule has 0 amide bonds. The summed E-state index contributed by atoms with van der Waals surface area (Å²) < 4.78 is 13.5. The molecule has 0 bridgehead atoms. The largest absolute Gasteiger partial charge is 0.396 e. The second-order valence-corrected chi connectivity index (χ2v) is 3.33. The highest BCUT2D eigenvalue weighted by Crippen LogP contribution is 2.32. The van der Waals surface area contributed by atoms with Gasteiger partial charge < -0.3 is 15.4 Å². The first-order chi connectivity index (χ1) is 6.74. The van der Waals surface area contributed by atoms with Crippen LogP contribution >= 0.6 is 0 Å². The van der Waals surface area contributed by atoms with Crippen molar-refractivity contribution < 1.29 is 9.18 Å². The molecule has 0 aromatic heterocycles. The number of hydrogen-bond donors (Lipinski definition) is 1. The number of nitrogen functional groups attached to an aromatic ring is 1. The van der Waals surface area contributed by atoms with Gasteiger partial charge in [-0.25, -0.2) is 4.39 Å². The number of anilines is 2. The molecule has 2 rings (SSSR count). The second kappa shape index (κ2) is 3.29. The van der Waals surface area contributed by atoms with Gasteiger partial charge in [-0.2, -0.15) is 0 Å². The van der Waals surface area contributed by atoms with Gasteiger partial charge >= 0.3 is 0 Å². The fraction of sp³-hybridized carbons (Fsp3) is 0.300. The smallest absolute Gasteiger partial charge is 0.151 e. The van der Waals surface area contributed by atoms with Crippen molar-refractivity contribution in [3.05, 3.63) is 23.5 Å². The van der Waals surface area contributed by atoms with E-state index >= 15 is 0 Å². The van der Waals surface area contributed by atoms with Crippen LogP contribution < -0.4 is 10.6 Å². The third-order valence-electron chi connectivity index (χ3n) is 2.52. The molecule has 0 radical (unpaired) electrons. The minimum atomic E-state index is -0.337. The maximum absolute atomic E-state index is 13.5. The monoisotopic (exact) mass is 194 g/mol. The topological polar surface area (TPSA) is 46.3 Å². The number of benzene rings is 1. The van der Waals surface area contributed by atoms with Crippen LogP contribution in [0.2, 0.25) is 0 Å². The van der Waals surface area contributed by atoms with Gasteiger partial charge in [0.1, 0.15) is 6.29 Å². The molecule has 14 heavy (non-hydrogen) atoms. The summed E-state index contributed by atoms with van der Waals surface area (Å²) in [4.78, 5) is 12.2. The third kappa shape index (κ3) is 1.23. The molecule has 0 saturated heterocycles. The lowest BCUT2D eigenvalue weighted by molar-refractivity contribution is -0.106. The molecule has 0 saturated carbocycles. The zero-order valence-electron chi connectivity index (χ0n) is 7.66. The number of aldehydes is 1. The Labute approximate surface area is 81.3 Å². The summed E-state index contributed by atoms with van der Waals surface area (Å²) in [5.74, 6) is -0.337. The van der Waals surface area contributed by atoms with Crippen LogP contribution in [0.1, 0.15) is 5.56 Å². The van der Waals surface area contributed by atoms with Crippen molar-refractivity contribution in [3.63, 3.8) is 0 Å². The van der Waals surface area contributed by atoms with Crippen LogP contribution in [0, 0.1) is 5.82 Å². The van der Waals surface area contributed by atoms with Crippen LogP contribution in [-0.4, -0.2) is 19.4 Å². The van der Waals surface area contributed by atoms with Crippen LogP contribution in [0.25, 0.3) is 0 Å². The molecule has 1 aliphatic heterocycles. The first-order valence-electron chi connectivity index (χ1n) is 4.49. The molecule has 0 atom stereocenters. The second-order valence-electron chi connectivity index (χ2n) is 3.33. The number of carbonyl (C=O) groups excluding carboxylic acids is 1. The van der Waals surface area contributed by atoms with Crippen molar-refractivity contribution in [1.82, 2.24) is 0 Å². The highest BCUT2D eigenvalue weighted by Gasteiger charge is 2.22. The van der Waals surface area contributed by atoms with E-state index in [4.69, 9.17) is 5.73 Å². The molecule has 0 unspecified atom stereocenters. The molecule has 0 spiro atoms. The van der Waals surface area contributed by atoms with Crippen molar-refractivity contribution in [2.75, 3.05) is 23.7 Å². The van der Waals surface area contributed by atoms with Gasteiger partial charge in [0.05, 0.1) is 12.2 Å². The Hall–Kier alpha value is -1.58. The summed E-state index contributed by atoms with van der Waals surface area (Å²) in [7, 11) is 0. The van der Waals surface area contributed by atoms with Crippen LogP contribution in [0.3, 0.4) is 0 Å². The Morgan fingerprint density at radius 2 is 2.36 bits per heavy atom. The summed E-state index contributed by atoms with van der Waals surface area (Å²) in [5.41, 5.74) is 7.05. The van der Waals surface area contributed by atoms with Gasteiger partial charge in [-0.15, -0.1) is 0 Å². The molecular formula is C10H11FN2O. The maximum Gasteiger partial charge on any atom is 0.151 e. The van der Waals surface area contributed by atoms with Crippen molar-refractivity contribution >= 4 is 17.7 Å². The number of carbonyl (C=O) groups is 1. The Kier molecular flexibility index (Phi) is 2.11. The van der Waals surface area contributed by atoms with Gasteiger partial charge in [0, 0.05) is 17.8 Å². The van der Waals surface area contributed by atoms with E-state index < -0.39 is 0 Å². The highest BCUT2D eigenvalue weighted by atomic mass is 19.1. The van der Waals surface area contributed by atoms with Crippen LogP contribution in [0.15, 0.2) is 12.1 Å². The first kappa shape index (κ1) is 8.99. The van der Waals surface area contributed by atoms with Crippen molar-refractivity contribution in [2.45, 2.75) is 6.42 Å². The fourth-order valence-corrected chi connectivity index (χ4v) is 1.81. The maximum atomic E-state index is 13.5. The molecule has 1 aliphatic rings. The standard InChI is InChI=1S/C10H11FN2O/c11-10-7-3-4-13(5-6-14)9(7)2-1-8(10)12/h1-2,6H,3-5,12H2. The lowest BCUT2D eigenvalue weighted by atomic mass is 10.1. The Balaban J connectivity index is 2.42. The van der Waals surface area contributed by atoms with Gasteiger partial charge in [-0.3, -0.25) is 0 Å². The molecule has 0 fully saturated rings. The Bertz CT molecular complexity index is 379. The molecule has 74 valence electrons. The highest BCUT2D eigenvalue weighted by molar-refractivity contribution is 5.69. The average molecular weight is 194 g/mol.